The van der Waals surface area contributed by atoms with Crippen LogP contribution in [-0.2, 0) is 16.9 Å². The van der Waals surface area contributed by atoms with Crippen LogP contribution in [0.1, 0.15) is 18.4 Å². The number of aromatic nitrogens is 2. The summed E-state index contributed by atoms with van der Waals surface area (Å²) in [7, 11) is 0. The number of nitrogens with zero attached hydrogens (tertiary/aromatic N) is 3. The number of hydrogen-bond acceptors (Lipinski definition) is 6. The molecule has 1 fully saturated rings. The fraction of sp³-hybridized carbons (Fsp3) is 0.143. The van der Waals surface area contributed by atoms with Crippen LogP contribution in [0, 0.1) is 0 Å². The third-order valence-corrected chi connectivity index (χ3v) is 5.97. The molecule has 1 atom stereocenters. The first-order valence-corrected chi connectivity index (χ1v) is 9.93. The molecule has 0 saturated carbocycles. The van der Waals surface area contributed by atoms with E-state index in [4.69, 9.17) is 4.52 Å². The second-order valence-electron chi connectivity index (χ2n) is 6.96. The van der Waals surface area contributed by atoms with Crippen LogP contribution in [0.4, 0.5) is 4.79 Å². The van der Waals surface area contributed by atoms with Crippen molar-refractivity contribution in [1.82, 2.24) is 20.4 Å². The summed E-state index contributed by atoms with van der Waals surface area (Å²) >= 11 is 1.49. The number of carbonyl (C=O) groups is 2. The van der Waals surface area contributed by atoms with Gasteiger partial charge in [0.05, 0.1) is 4.88 Å². The number of urea groups is 1. The molecule has 1 saturated heterocycles. The van der Waals surface area contributed by atoms with Crippen molar-refractivity contribution in [2.45, 2.75) is 19.0 Å². The van der Waals surface area contributed by atoms with Crippen LogP contribution in [0.15, 0.2) is 64.5 Å². The van der Waals surface area contributed by atoms with E-state index >= 15 is 0 Å². The van der Waals surface area contributed by atoms with Gasteiger partial charge in [0, 0.05) is 0 Å². The Hall–Kier alpha value is -3.52. The summed E-state index contributed by atoms with van der Waals surface area (Å²) in [5.41, 5.74) is -0.421. The lowest BCUT2D eigenvalue weighted by atomic mass is 9.88. The zero-order valence-electron chi connectivity index (χ0n) is 15.5. The number of amides is 3. The minimum Gasteiger partial charge on any atom is -0.337 e. The number of benzene rings is 2. The zero-order chi connectivity index (χ0) is 20.0. The number of hydrogen-bond donors (Lipinski definition) is 1. The van der Waals surface area contributed by atoms with E-state index in [2.05, 4.69) is 15.5 Å². The Labute approximate surface area is 170 Å². The summed E-state index contributed by atoms with van der Waals surface area (Å²) in [4.78, 5) is 32.2. The van der Waals surface area contributed by atoms with Crippen LogP contribution in [0.5, 0.6) is 0 Å². The van der Waals surface area contributed by atoms with Gasteiger partial charge in [0.15, 0.2) is 0 Å². The van der Waals surface area contributed by atoms with Crippen molar-refractivity contribution in [3.63, 3.8) is 0 Å². The first-order valence-electron chi connectivity index (χ1n) is 9.05. The zero-order valence-corrected chi connectivity index (χ0v) is 16.3. The first-order chi connectivity index (χ1) is 14.1. The quantitative estimate of drug-likeness (QED) is 0.521. The topological polar surface area (TPSA) is 88.3 Å². The molecule has 29 heavy (non-hydrogen) atoms. The summed E-state index contributed by atoms with van der Waals surface area (Å²) in [6.07, 6.45) is 0. The fourth-order valence-corrected chi connectivity index (χ4v) is 4.29. The van der Waals surface area contributed by atoms with E-state index in [9.17, 15) is 9.59 Å². The van der Waals surface area contributed by atoms with Crippen LogP contribution in [0.2, 0.25) is 0 Å². The molecule has 1 aliphatic heterocycles. The van der Waals surface area contributed by atoms with Crippen molar-refractivity contribution in [1.29, 1.82) is 0 Å². The molecule has 3 heterocycles. The number of carbonyl (C=O) groups excluding carboxylic acids is 2. The molecule has 1 N–H and O–H groups in total. The van der Waals surface area contributed by atoms with E-state index in [1.165, 1.54) is 11.3 Å². The molecule has 0 spiro atoms. The highest BCUT2D eigenvalue weighted by Crippen LogP contribution is 2.34. The van der Waals surface area contributed by atoms with Crippen LogP contribution in [-0.4, -0.2) is 27.0 Å². The van der Waals surface area contributed by atoms with E-state index < -0.39 is 11.6 Å². The minimum absolute atomic E-state index is 0.0800. The van der Waals surface area contributed by atoms with Crippen LogP contribution in [0.25, 0.3) is 21.5 Å². The molecule has 3 amide bonds. The molecule has 2 aromatic carbocycles. The largest absolute Gasteiger partial charge is 0.337 e. The van der Waals surface area contributed by atoms with Crippen molar-refractivity contribution in [2.24, 2.45) is 0 Å². The number of fused-ring (bicyclic) bond motifs is 1. The van der Waals surface area contributed by atoms with Crippen molar-refractivity contribution in [3.05, 3.63) is 71.4 Å². The molecule has 0 aliphatic carbocycles. The molecule has 0 unspecified atom stereocenters. The Bertz CT molecular complexity index is 1230. The Morgan fingerprint density at radius 2 is 1.93 bits per heavy atom. The van der Waals surface area contributed by atoms with Crippen LogP contribution < -0.4 is 5.32 Å². The first kappa shape index (κ1) is 17.6. The highest BCUT2D eigenvalue weighted by atomic mass is 32.1. The maximum Gasteiger partial charge on any atom is 0.325 e. The average Bonchev–Trinajstić information content (AvgIpc) is 3.46. The third kappa shape index (κ3) is 2.80. The van der Waals surface area contributed by atoms with Gasteiger partial charge in [0.2, 0.25) is 11.7 Å². The second-order valence-corrected chi connectivity index (χ2v) is 7.91. The number of rotatable bonds is 4. The molecular formula is C21H16N4O3S. The molecule has 0 radical (unpaired) electrons. The molecule has 1 aliphatic rings. The SMILES string of the molecule is C[C@]1(c2cccc3ccccc23)NC(=O)N(Cc2nc(-c3cccs3)no2)C1=O. The summed E-state index contributed by atoms with van der Waals surface area (Å²) in [6, 6.07) is 16.8. The number of thiophene rings is 1. The van der Waals surface area contributed by atoms with Gasteiger partial charge in [-0.15, -0.1) is 11.3 Å². The maximum atomic E-state index is 13.3. The molecule has 8 heteroatoms. The molecule has 144 valence electrons. The lowest BCUT2D eigenvalue weighted by molar-refractivity contribution is -0.131. The highest BCUT2D eigenvalue weighted by molar-refractivity contribution is 7.13. The molecule has 5 rings (SSSR count). The van der Waals surface area contributed by atoms with Crippen molar-refractivity contribution in [3.8, 4) is 10.7 Å². The Balaban J connectivity index is 1.47. The predicted octanol–water partition coefficient (Wildman–Crippen LogP) is 3.92. The Kier molecular flexibility index (Phi) is 3.95. The summed E-state index contributed by atoms with van der Waals surface area (Å²) in [5.74, 6) is 0.299. The monoisotopic (exact) mass is 404 g/mol. The van der Waals surface area contributed by atoms with Gasteiger partial charge >= 0.3 is 6.03 Å². The van der Waals surface area contributed by atoms with Gasteiger partial charge in [-0.25, -0.2) is 4.79 Å². The van der Waals surface area contributed by atoms with Gasteiger partial charge in [0.1, 0.15) is 12.1 Å². The molecular weight excluding hydrogens is 388 g/mol. The average molecular weight is 404 g/mol. The molecule has 2 aromatic heterocycles. The standard InChI is InChI=1S/C21H16N4O3S/c1-21(15-9-4-7-13-6-2-3-8-14(13)15)19(26)25(20(27)23-21)12-17-22-18(24-28-17)16-10-5-11-29-16/h2-11H,12H2,1H3,(H,23,27)/t21-/m1/s1. The fourth-order valence-electron chi connectivity index (χ4n) is 3.64. The summed E-state index contributed by atoms with van der Waals surface area (Å²) < 4.78 is 5.26. The molecule has 4 aromatic rings. The van der Waals surface area contributed by atoms with Gasteiger partial charge in [-0.05, 0) is 34.7 Å². The third-order valence-electron chi connectivity index (χ3n) is 5.11. The lowest BCUT2D eigenvalue weighted by Gasteiger charge is -2.23. The van der Waals surface area contributed by atoms with E-state index in [0.29, 0.717) is 5.82 Å². The van der Waals surface area contributed by atoms with E-state index in [-0.39, 0.29) is 18.3 Å². The van der Waals surface area contributed by atoms with Crippen molar-refractivity contribution >= 4 is 34.0 Å². The smallest absolute Gasteiger partial charge is 0.325 e. The highest BCUT2D eigenvalue weighted by Gasteiger charge is 2.50. The van der Waals surface area contributed by atoms with Crippen LogP contribution in [0.3, 0.4) is 0 Å². The Morgan fingerprint density at radius 1 is 1.10 bits per heavy atom. The minimum atomic E-state index is -1.17. The van der Waals surface area contributed by atoms with Gasteiger partial charge in [-0.3, -0.25) is 9.69 Å². The van der Waals surface area contributed by atoms with E-state index in [0.717, 1.165) is 26.1 Å². The molecule has 0 bridgehead atoms. The second kappa shape index (κ2) is 6.52. The van der Waals surface area contributed by atoms with E-state index in [1.807, 2.05) is 60.0 Å². The summed E-state index contributed by atoms with van der Waals surface area (Å²) in [6.45, 7) is 1.64. The number of imide groups is 1. The van der Waals surface area contributed by atoms with Crippen molar-refractivity contribution in [2.75, 3.05) is 0 Å². The molecule has 7 nitrogen and oxygen atoms in total. The van der Waals surface area contributed by atoms with Gasteiger partial charge in [0.25, 0.3) is 5.91 Å². The van der Waals surface area contributed by atoms with Crippen LogP contribution >= 0.6 is 11.3 Å². The van der Waals surface area contributed by atoms with Gasteiger partial charge < -0.3 is 9.84 Å². The number of nitrogens with one attached hydrogen (secondary N) is 1. The van der Waals surface area contributed by atoms with Crippen molar-refractivity contribution < 1.29 is 14.1 Å². The normalized spacial score (nSPS) is 19.1. The maximum absolute atomic E-state index is 13.3. The predicted molar refractivity (Wildman–Crippen MR) is 108 cm³/mol. The van der Waals surface area contributed by atoms with Gasteiger partial charge in [-0.2, -0.15) is 4.98 Å². The van der Waals surface area contributed by atoms with E-state index in [1.54, 1.807) is 6.92 Å². The summed E-state index contributed by atoms with van der Waals surface area (Å²) in [5, 5.41) is 10.6. The van der Waals surface area contributed by atoms with Gasteiger partial charge in [-0.1, -0.05) is 53.7 Å². The lowest BCUT2D eigenvalue weighted by Crippen LogP contribution is -2.41. The Morgan fingerprint density at radius 3 is 2.76 bits per heavy atom.